The number of amides is 2. The molecule has 32 heavy (non-hydrogen) atoms. The van der Waals surface area contributed by atoms with Crippen molar-refractivity contribution >= 4 is 46.8 Å². The highest BCUT2D eigenvalue weighted by Gasteiger charge is 2.28. The van der Waals surface area contributed by atoms with E-state index in [1.807, 2.05) is 42.5 Å². The lowest BCUT2D eigenvalue weighted by Crippen LogP contribution is -2.50. The molecule has 0 heterocycles. The van der Waals surface area contributed by atoms with Crippen LogP contribution in [-0.4, -0.2) is 34.6 Å². The Balaban J connectivity index is 1.66. The second-order valence-corrected chi connectivity index (χ2v) is 10.1. The SMILES string of the molecule is C[C@@H](C(=O)NC1CCCCC1)N(Cc1ccccc1Cl)C(=O)CSCc1cccc(Cl)c1. The zero-order valence-corrected chi connectivity index (χ0v) is 20.7. The Kier molecular flexibility index (Phi) is 9.76. The van der Waals surface area contributed by atoms with Crippen LogP contribution in [0.2, 0.25) is 10.0 Å². The minimum Gasteiger partial charge on any atom is -0.352 e. The van der Waals surface area contributed by atoms with Crippen LogP contribution in [0.3, 0.4) is 0 Å². The summed E-state index contributed by atoms with van der Waals surface area (Å²) in [5, 5.41) is 4.43. The van der Waals surface area contributed by atoms with Gasteiger partial charge in [-0.1, -0.05) is 72.8 Å². The molecule has 1 aliphatic rings. The molecule has 0 aromatic heterocycles. The molecule has 3 rings (SSSR count). The number of halogens is 2. The van der Waals surface area contributed by atoms with Crippen LogP contribution in [0.25, 0.3) is 0 Å². The maximum Gasteiger partial charge on any atom is 0.242 e. The molecule has 0 aliphatic heterocycles. The van der Waals surface area contributed by atoms with Gasteiger partial charge in [-0.2, -0.15) is 0 Å². The first-order valence-corrected chi connectivity index (χ1v) is 13.0. The summed E-state index contributed by atoms with van der Waals surface area (Å²) in [7, 11) is 0. The Hall–Kier alpha value is -1.69. The molecule has 1 aliphatic carbocycles. The summed E-state index contributed by atoms with van der Waals surface area (Å²) in [6.07, 6.45) is 5.52. The van der Waals surface area contributed by atoms with Crippen molar-refractivity contribution in [2.75, 3.05) is 5.75 Å². The van der Waals surface area contributed by atoms with Gasteiger partial charge in [0.25, 0.3) is 0 Å². The molecule has 1 fully saturated rings. The number of thioether (sulfide) groups is 1. The number of carbonyl (C=O) groups excluding carboxylic acids is 2. The van der Waals surface area contributed by atoms with Gasteiger partial charge in [0.05, 0.1) is 5.75 Å². The number of carbonyl (C=O) groups is 2. The van der Waals surface area contributed by atoms with Crippen molar-refractivity contribution in [3.63, 3.8) is 0 Å². The molecule has 0 bridgehead atoms. The first-order valence-electron chi connectivity index (χ1n) is 11.1. The molecular formula is C25H30Cl2N2O2S. The highest BCUT2D eigenvalue weighted by Crippen LogP contribution is 2.22. The first-order chi connectivity index (χ1) is 15.4. The third kappa shape index (κ3) is 7.43. The molecule has 7 heteroatoms. The molecule has 0 saturated heterocycles. The zero-order valence-electron chi connectivity index (χ0n) is 18.4. The van der Waals surface area contributed by atoms with Crippen LogP contribution in [0.1, 0.15) is 50.2 Å². The molecule has 1 N–H and O–H groups in total. The van der Waals surface area contributed by atoms with Gasteiger partial charge in [-0.05, 0) is 49.1 Å². The summed E-state index contributed by atoms with van der Waals surface area (Å²) in [4.78, 5) is 27.9. The Morgan fingerprint density at radius 2 is 1.84 bits per heavy atom. The van der Waals surface area contributed by atoms with Gasteiger partial charge in [-0.25, -0.2) is 0 Å². The zero-order chi connectivity index (χ0) is 22.9. The van der Waals surface area contributed by atoms with Crippen molar-refractivity contribution in [1.82, 2.24) is 10.2 Å². The highest BCUT2D eigenvalue weighted by atomic mass is 35.5. The van der Waals surface area contributed by atoms with E-state index in [1.165, 1.54) is 18.2 Å². The smallest absolute Gasteiger partial charge is 0.242 e. The maximum absolute atomic E-state index is 13.2. The standard InChI is InChI=1S/C25H30Cl2N2O2S/c1-18(25(31)28-22-11-3-2-4-12-22)29(15-20-9-5-6-13-23(20)27)24(30)17-32-16-19-8-7-10-21(26)14-19/h5-10,13-14,18,22H,2-4,11-12,15-17H2,1H3,(H,28,31)/t18-/m0/s1. The van der Waals surface area contributed by atoms with Crippen molar-refractivity contribution in [3.05, 3.63) is 69.7 Å². The fourth-order valence-corrected chi connectivity index (χ4v) is 5.19. The lowest BCUT2D eigenvalue weighted by molar-refractivity contribution is -0.139. The van der Waals surface area contributed by atoms with E-state index in [4.69, 9.17) is 23.2 Å². The van der Waals surface area contributed by atoms with Crippen molar-refractivity contribution in [2.24, 2.45) is 0 Å². The molecule has 0 spiro atoms. The van der Waals surface area contributed by atoms with E-state index in [2.05, 4.69) is 5.32 Å². The summed E-state index contributed by atoms with van der Waals surface area (Å²) in [6, 6.07) is 14.7. The van der Waals surface area contributed by atoms with Crippen LogP contribution in [0, 0.1) is 0 Å². The van der Waals surface area contributed by atoms with Gasteiger partial charge in [-0.15, -0.1) is 11.8 Å². The molecule has 0 radical (unpaired) electrons. The number of hydrogen-bond acceptors (Lipinski definition) is 3. The topological polar surface area (TPSA) is 49.4 Å². The lowest BCUT2D eigenvalue weighted by Gasteiger charge is -2.31. The van der Waals surface area contributed by atoms with Crippen LogP contribution in [0.15, 0.2) is 48.5 Å². The van der Waals surface area contributed by atoms with Crippen LogP contribution < -0.4 is 5.32 Å². The average Bonchev–Trinajstić information content (AvgIpc) is 2.78. The number of benzene rings is 2. The number of rotatable bonds is 9. The van der Waals surface area contributed by atoms with Crippen LogP contribution >= 0.6 is 35.0 Å². The maximum atomic E-state index is 13.2. The van der Waals surface area contributed by atoms with Gasteiger partial charge in [0.1, 0.15) is 6.04 Å². The second-order valence-electron chi connectivity index (χ2n) is 8.26. The summed E-state index contributed by atoms with van der Waals surface area (Å²) in [6.45, 7) is 2.10. The van der Waals surface area contributed by atoms with Crippen molar-refractivity contribution in [1.29, 1.82) is 0 Å². The van der Waals surface area contributed by atoms with E-state index >= 15 is 0 Å². The van der Waals surface area contributed by atoms with Gasteiger partial charge < -0.3 is 10.2 Å². The molecule has 4 nitrogen and oxygen atoms in total. The number of nitrogens with zero attached hydrogens (tertiary/aromatic N) is 1. The monoisotopic (exact) mass is 492 g/mol. The van der Waals surface area contributed by atoms with Crippen LogP contribution in [0.5, 0.6) is 0 Å². The van der Waals surface area contributed by atoms with E-state index in [1.54, 1.807) is 17.9 Å². The lowest BCUT2D eigenvalue weighted by atomic mass is 9.95. The van der Waals surface area contributed by atoms with E-state index in [0.717, 1.165) is 36.8 Å². The number of hydrogen-bond donors (Lipinski definition) is 1. The van der Waals surface area contributed by atoms with Gasteiger partial charge in [-0.3, -0.25) is 9.59 Å². The molecular weight excluding hydrogens is 463 g/mol. The summed E-state index contributed by atoms with van der Waals surface area (Å²) in [5.41, 5.74) is 1.90. The minimum absolute atomic E-state index is 0.0803. The predicted octanol–water partition coefficient (Wildman–Crippen LogP) is 6.09. The van der Waals surface area contributed by atoms with Gasteiger partial charge in [0, 0.05) is 28.4 Å². The van der Waals surface area contributed by atoms with E-state index in [9.17, 15) is 9.59 Å². The van der Waals surface area contributed by atoms with Gasteiger partial charge in [0.2, 0.25) is 11.8 Å². The van der Waals surface area contributed by atoms with Crippen molar-refractivity contribution < 1.29 is 9.59 Å². The molecule has 2 aromatic carbocycles. The Bertz CT molecular complexity index is 918. The fourth-order valence-electron chi connectivity index (χ4n) is 3.93. The Morgan fingerprint density at radius 3 is 2.56 bits per heavy atom. The minimum atomic E-state index is -0.576. The predicted molar refractivity (Wildman–Crippen MR) is 134 cm³/mol. The molecule has 1 atom stereocenters. The third-order valence-corrected chi connectivity index (χ3v) is 7.39. The van der Waals surface area contributed by atoms with Gasteiger partial charge in [0.15, 0.2) is 0 Å². The summed E-state index contributed by atoms with van der Waals surface area (Å²) in [5.74, 6) is 0.771. The first kappa shape index (κ1) is 24.9. The Labute approximate surface area is 205 Å². The molecule has 0 unspecified atom stereocenters. The van der Waals surface area contributed by atoms with E-state index < -0.39 is 6.04 Å². The third-order valence-electron chi connectivity index (χ3n) is 5.80. The van der Waals surface area contributed by atoms with E-state index in [0.29, 0.717) is 22.3 Å². The Morgan fingerprint density at radius 1 is 1.09 bits per heavy atom. The highest BCUT2D eigenvalue weighted by molar-refractivity contribution is 7.99. The van der Waals surface area contributed by atoms with E-state index in [-0.39, 0.29) is 23.6 Å². The summed E-state index contributed by atoms with van der Waals surface area (Å²) >= 11 is 13.9. The van der Waals surface area contributed by atoms with Crippen LogP contribution in [0.4, 0.5) is 0 Å². The largest absolute Gasteiger partial charge is 0.352 e. The summed E-state index contributed by atoms with van der Waals surface area (Å²) < 4.78 is 0. The van der Waals surface area contributed by atoms with Crippen molar-refractivity contribution in [3.8, 4) is 0 Å². The van der Waals surface area contributed by atoms with Crippen LogP contribution in [-0.2, 0) is 21.9 Å². The molecule has 172 valence electrons. The molecule has 1 saturated carbocycles. The average molecular weight is 494 g/mol. The fraction of sp³-hybridized carbons (Fsp3) is 0.440. The molecule has 2 aromatic rings. The van der Waals surface area contributed by atoms with Crippen molar-refractivity contribution in [2.45, 2.75) is 63.4 Å². The normalized spacial score (nSPS) is 15.2. The quantitative estimate of drug-likeness (QED) is 0.460. The molecule has 2 amide bonds. The number of nitrogens with one attached hydrogen (secondary N) is 1. The van der Waals surface area contributed by atoms with Gasteiger partial charge >= 0.3 is 0 Å². The second kappa shape index (κ2) is 12.5.